The summed E-state index contributed by atoms with van der Waals surface area (Å²) < 4.78 is 10.7. The third-order valence-electron chi connectivity index (χ3n) is 3.50. The molecule has 0 saturated carbocycles. The molecule has 23 heavy (non-hydrogen) atoms. The van der Waals surface area contributed by atoms with E-state index in [0.717, 1.165) is 16.3 Å². The number of morpholine rings is 1. The van der Waals surface area contributed by atoms with Gasteiger partial charge in [0.2, 0.25) is 0 Å². The number of hydrogen-bond donors (Lipinski definition) is 0. The van der Waals surface area contributed by atoms with E-state index in [9.17, 15) is 4.79 Å². The number of aromatic nitrogens is 1. The quantitative estimate of drug-likeness (QED) is 0.846. The molecule has 0 N–H and O–H groups in total. The van der Waals surface area contributed by atoms with Crippen molar-refractivity contribution in [2.75, 3.05) is 32.9 Å². The highest BCUT2D eigenvalue weighted by Gasteiger charge is 2.21. The maximum atomic E-state index is 12.4. The van der Waals surface area contributed by atoms with Gasteiger partial charge in [-0.3, -0.25) is 4.79 Å². The van der Waals surface area contributed by atoms with E-state index in [2.05, 4.69) is 4.98 Å². The normalized spacial score (nSPS) is 14.8. The molecule has 1 aliphatic heterocycles. The molecule has 1 fully saturated rings. The van der Waals surface area contributed by atoms with Crippen LogP contribution in [0, 0.1) is 0 Å². The zero-order valence-corrected chi connectivity index (χ0v) is 14.3. The molecular weight excluding hydrogens is 336 g/mol. The first-order chi connectivity index (χ1) is 11.2. The minimum Gasteiger partial charge on any atom is -0.494 e. The monoisotopic (exact) mass is 352 g/mol. The molecule has 1 aromatic carbocycles. The van der Waals surface area contributed by atoms with Gasteiger partial charge in [0, 0.05) is 24.0 Å². The second kappa shape index (κ2) is 7.29. The van der Waals surface area contributed by atoms with Crippen LogP contribution in [0.2, 0.25) is 5.02 Å². The molecule has 1 aliphatic rings. The molecule has 0 unspecified atom stereocenters. The van der Waals surface area contributed by atoms with Gasteiger partial charge in [0.15, 0.2) is 0 Å². The van der Waals surface area contributed by atoms with Crippen LogP contribution in [-0.2, 0) is 4.74 Å². The van der Waals surface area contributed by atoms with Crippen molar-refractivity contribution < 1.29 is 14.3 Å². The number of rotatable bonds is 4. The van der Waals surface area contributed by atoms with Crippen molar-refractivity contribution >= 4 is 28.8 Å². The summed E-state index contributed by atoms with van der Waals surface area (Å²) in [6.45, 7) is 4.88. The minimum atomic E-state index is -0.0575. The molecule has 0 radical (unpaired) electrons. The molecule has 0 bridgehead atoms. The fourth-order valence-electron chi connectivity index (χ4n) is 2.35. The number of thiazole rings is 1. The van der Waals surface area contributed by atoms with Gasteiger partial charge >= 0.3 is 0 Å². The van der Waals surface area contributed by atoms with Crippen LogP contribution in [0.1, 0.15) is 17.4 Å². The van der Waals surface area contributed by atoms with E-state index in [1.807, 2.05) is 19.1 Å². The Balaban J connectivity index is 1.80. The van der Waals surface area contributed by atoms with E-state index < -0.39 is 0 Å². The molecule has 3 rings (SSSR count). The topological polar surface area (TPSA) is 51.7 Å². The molecule has 0 aliphatic carbocycles. The molecule has 1 aromatic heterocycles. The minimum absolute atomic E-state index is 0.0575. The van der Waals surface area contributed by atoms with Crippen molar-refractivity contribution in [1.29, 1.82) is 0 Å². The van der Waals surface area contributed by atoms with Crippen molar-refractivity contribution in [2.24, 2.45) is 0 Å². The van der Waals surface area contributed by atoms with Gasteiger partial charge in [-0.25, -0.2) is 4.98 Å². The van der Waals surface area contributed by atoms with Gasteiger partial charge in [-0.2, -0.15) is 0 Å². The lowest BCUT2D eigenvalue weighted by molar-refractivity contribution is 0.0299. The van der Waals surface area contributed by atoms with Crippen molar-refractivity contribution in [2.45, 2.75) is 6.92 Å². The fourth-order valence-corrected chi connectivity index (χ4v) is 3.50. The smallest absolute Gasteiger partial charge is 0.273 e. The highest BCUT2D eigenvalue weighted by atomic mass is 35.5. The fraction of sp³-hybridized carbons (Fsp3) is 0.375. The maximum Gasteiger partial charge on any atom is 0.273 e. The third kappa shape index (κ3) is 3.65. The van der Waals surface area contributed by atoms with Gasteiger partial charge in [-0.05, 0) is 25.1 Å². The van der Waals surface area contributed by atoms with Gasteiger partial charge in [0.1, 0.15) is 16.5 Å². The first kappa shape index (κ1) is 16.2. The van der Waals surface area contributed by atoms with Crippen LogP contribution in [0.5, 0.6) is 5.75 Å². The number of hydrogen-bond acceptors (Lipinski definition) is 5. The lowest BCUT2D eigenvalue weighted by Gasteiger charge is -2.25. The number of ether oxygens (including phenoxy) is 2. The Kier molecular flexibility index (Phi) is 5.15. The van der Waals surface area contributed by atoms with Gasteiger partial charge in [0.25, 0.3) is 5.91 Å². The Morgan fingerprint density at radius 2 is 2.22 bits per heavy atom. The van der Waals surface area contributed by atoms with Crippen LogP contribution >= 0.6 is 22.9 Å². The van der Waals surface area contributed by atoms with Gasteiger partial charge in [-0.1, -0.05) is 11.6 Å². The molecule has 0 atom stereocenters. The van der Waals surface area contributed by atoms with Gasteiger partial charge < -0.3 is 14.4 Å². The second-order valence-corrected chi connectivity index (χ2v) is 6.28. The number of nitrogens with zero attached hydrogens (tertiary/aromatic N) is 2. The highest BCUT2D eigenvalue weighted by molar-refractivity contribution is 7.13. The number of halogens is 1. The van der Waals surface area contributed by atoms with E-state index >= 15 is 0 Å². The summed E-state index contributed by atoms with van der Waals surface area (Å²) in [5.74, 6) is 0.667. The number of benzene rings is 1. The number of carbonyl (C=O) groups excluding carboxylic acids is 1. The van der Waals surface area contributed by atoms with E-state index in [1.165, 1.54) is 11.3 Å². The summed E-state index contributed by atoms with van der Waals surface area (Å²) >= 11 is 7.73. The molecule has 122 valence electrons. The summed E-state index contributed by atoms with van der Waals surface area (Å²) in [6, 6.07) is 5.50. The Hall–Kier alpha value is -1.63. The molecule has 1 saturated heterocycles. The van der Waals surface area contributed by atoms with Crippen LogP contribution in [-0.4, -0.2) is 48.7 Å². The van der Waals surface area contributed by atoms with Crippen LogP contribution in [0.25, 0.3) is 10.6 Å². The molecule has 2 aromatic rings. The largest absolute Gasteiger partial charge is 0.494 e. The molecule has 2 heterocycles. The summed E-state index contributed by atoms with van der Waals surface area (Å²) in [7, 11) is 0. The number of carbonyl (C=O) groups is 1. The molecule has 1 amide bonds. The second-order valence-electron chi connectivity index (χ2n) is 5.02. The zero-order chi connectivity index (χ0) is 16.2. The average Bonchev–Trinajstić information content (AvgIpc) is 3.05. The van der Waals surface area contributed by atoms with Crippen LogP contribution < -0.4 is 4.74 Å². The van der Waals surface area contributed by atoms with Crippen molar-refractivity contribution in [3.05, 3.63) is 34.3 Å². The molecular formula is C16H17ClN2O3S. The van der Waals surface area contributed by atoms with Crippen LogP contribution in [0.4, 0.5) is 0 Å². The summed E-state index contributed by atoms with van der Waals surface area (Å²) in [6.07, 6.45) is 0. The summed E-state index contributed by atoms with van der Waals surface area (Å²) in [4.78, 5) is 18.6. The van der Waals surface area contributed by atoms with Gasteiger partial charge in [0.05, 0.1) is 24.8 Å². The predicted molar refractivity (Wildman–Crippen MR) is 90.5 cm³/mol. The third-order valence-corrected chi connectivity index (χ3v) is 4.69. The van der Waals surface area contributed by atoms with Crippen molar-refractivity contribution in [3.8, 4) is 16.3 Å². The average molecular weight is 353 g/mol. The summed E-state index contributed by atoms with van der Waals surface area (Å²) in [5.41, 5.74) is 1.26. The van der Waals surface area contributed by atoms with E-state index in [1.54, 1.807) is 16.3 Å². The van der Waals surface area contributed by atoms with Crippen LogP contribution in [0.3, 0.4) is 0 Å². The summed E-state index contributed by atoms with van der Waals surface area (Å²) in [5, 5.41) is 3.07. The van der Waals surface area contributed by atoms with Crippen LogP contribution in [0.15, 0.2) is 23.6 Å². The number of amides is 1. The molecule has 5 nitrogen and oxygen atoms in total. The van der Waals surface area contributed by atoms with Gasteiger partial charge in [-0.15, -0.1) is 11.3 Å². The predicted octanol–water partition coefficient (Wildman–Crippen LogP) is 3.33. The maximum absolute atomic E-state index is 12.4. The standard InChI is InChI=1S/C16H17ClN2O3S/c1-2-22-11-3-4-12(13(17)9-11)15-18-14(10-23-15)16(20)19-5-7-21-8-6-19/h3-4,9-10H,2,5-8H2,1H3. The Bertz CT molecular complexity index is 698. The van der Waals surface area contributed by atoms with Crippen molar-refractivity contribution in [3.63, 3.8) is 0 Å². The Morgan fingerprint density at radius 3 is 2.91 bits per heavy atom. The Labute approximate surface area is 143 Å². The lowest BCUT2D eigenvalue weighted by atomic mass is 10.2. The van der Waals surface area contributed by atoms with E-state index in [4.69, 9.17) is 21.1 Å². The first-order valence-electron chi connectivity index (χ1n) is 7.44. The molecule has 7 heteroatoms. The highest BCUT2D eigenvalue weighted by Crippen LogP contribution is 2.33. The molecule has 0 spiro atoms. The Morgan fingerprint density at radius 1 is 1.43 bits per heavy atom. The zero-order valence-electron chi connectivity index (χ0n) is 12.8. The SMILES string of the molecule is CCOc1ccc(-c2nc(C(=O)N3CCOCC3)cs2)c(Cl)c1. The van der Waals surface area contributed by atoms with Crippen molar-refractivity contribution in [1.82, 2.24) is 9.88 Å². The first-order valence-corrected chi connectivity index (χ1v) is 8.70. The van der Waals surface area contributed by atoms with E-state index in [-0.39, 0.29) is 5.91 Å². The lowest BCUT2D eigenvalue weighted by Crippen LogP contribution is -2.40. The van der Waals surface area contributed by atoms with E-state index in [0.29, 0.717) is 43.6 Å².